The summed E-state index contributed by atoms with van der Waals surface area (Å²) >= 11 is 0. The van der Waals surface area contributed by atoms with Gasteiger partial charge in [0.05, 0.1) is 7.11 Å². The lowest BCUT2D eigenvalue weighted by atomic mass is 9.69. The molecular formula is C13H22O2. The van der Waals surface area contributed by atoms with Gasteiger partial charge in [-0.3, -0.25) is 0 Å². The monoisotopic (exact) mass is 210 g/mol. The number of hydrogen-bond donors (Lipinski definition) is 0. The van der Waals surface area contributed by atoms with Crippen molar-refractivity contribution >= 4 is 5.97 Å². The zero-order valence-corrected chi connectivity index (χ0v) is 10.3. The van der Waals surface area contributed by atoms with Crippen molar-refractivity contribution in [2.75, 3.05) is 7.11 Å². The topological polar surface area (TPSA) is 26.3 Å². The van der Waals surface area contributed by atoms with Gasteiger partial charge in [-0.1, -0.05) is 32.8 Å². The quantitative estimate of drug-likeness (QED) is 0.490. The molecule has 0 aromatic carbocycles. The second kappa shape index (κ2) is 4.82. The van der Waals surface area contributed by atoms with E-state index in [-0.39, 0.29) is 11.4 Å². The molecule has 2 nitrogen and oxygen atoms in total. The number of hydrogen-bond acceptors (Lipinski definition) is 2. The van der Waals surface area contributed by atoms with Gasteiger partial charge in [-0.25, -0.2) is 4.79 Å². The number of carbonyl (C=O) groups is 1. The molecule has 86 valence electrons. The molecule has 1 unspecified atom stereocenters. The van der Waals surface area contributed by atoms with Crippen LogP contribution in [0.25, 0.3) is 0 Å². The zero-order valence-electron chi connectivity index (χ0n) is 10.3. The van der Waals surface area contributed by atoms with E-state index in [1.165, 1.54) is 31.9 Å². The SMILES string of the molecule is COC(=O)/C=C1/CCCCC1C(C)(C)C. The number of allylic oxidation sites excluding steroid dienone is 1. The first-order chi connectivity index (χ1) is 6.95. The molecule has 15 heavy (non-hydrogen) atoms. The summed E-state index contributed by atoms with van der Waals surface area (Å²) in [5, 5.41) is 0. The summed E-state index contributed by atoms with van der Waals surface area (Å²) < 4.78 is 4.70. The molecule has 1 rings (SSSR count). The smallest absolute Gasteiger partial charge is 0.330 e. The molecule has 0 heterocycles. The molecule has 0 spiro atoms. The fraction of sp³-hybridized carbons (Fsp3) is 0.769. The van der Waals surface area contributed by atoms with E-state index < -0.39 is 0 Å². The lowest BCUT2D eigenvalue weighted by Crippen LogP contribution is -2.25. The summed E-state index contributed by atoms with van der Waals surface area (Å²) in [6.07, 6.45) is 6.44. The molecule has 1 aliphatic carbocycles. The molecule has 0 bridgehead atoms. The third-order valence-corrected chi connectivity index (χ3v) is 3.21. The highest BCUT2D eigenvalue weighted by atomic mass is 16.5. The molecule has 0 saturated heterocycles. The van der Waals surface area contributed by atoms with E-state index in [2.05, 4.69) is 20.8 Å². The molecule has 1 atom stereocenters. The molecule has 0 aromatic rings. The van der Waals surface area contributed by atoms with Crippen molar-refractivity contribution in [2.45, 2.75) is 46.5 Å². The van der Waals surface area contributed by atoms with Crippen molar-refractivity contribution in [3.05, 3.63) is 11.6 Å². The highest BCUT2D eigenvalue weighted by Gasteiger charge is 2.30. The fourth-order valence-electron chi connectivity index (χ4n) is 2.41. The maximum atomic E-state index is 11.3. The Hall–Kier alpha value is -0.790. The summed E-state index contributed by atoms with van der Waals surface area (Å²) in [5.41, 5.74) is 1.53. The van der Waals surface area contributed by atoms with Crippen LogP contribution >= 0.6 is 0 Å². The molecule has 0 radical (unpaired) electrons. The minimum Gasteiger partial charge on any atom is -0.466 e. The van der Waals surface area contributed by atoms with Gasteiger partial charge in [0.15, 0.2) is 0 Å². The van der Waals surface area contributed by atoms with Gasteiger partial charge in [0.2, 0.25) is 0 Å². The predicted molar refractivity (Wildman–Crippen MR) is 61.5 cm³/mol. The standard InChI is InChI=1S/C13H22O2/c1-13(2,3)11-8-6-5-7-10(11)9-12(14)15-4/h9,11H,5-8H2,1-4H3/b10-9-. The van der Waals surface area contributed by atoms with Crippen LogP contribution in [0, 0.1) is 11.3 Å². The van der Waals surface area contributed by atoms with E-state index in [4.69, 9.17) is 4.74 Å². The highest BCUT2D eigenvalue weighted by Crippen LogP contribution is 2.41. The number of esters is 1. The first-order valence-electron chi connectivity index (χ1n) is 5.73. The van der Waals surface area contributed by atoms with E-state index >= 15 is 0 Å². The van der Waals surface area contributed by atoms with Gasteiger partial charge < -0.3 is 4.74 Å². The van der Waals surface area contributed by atoms with Gasteiger partial charge in [-0.15, -0.1) is 0 Å². The van der Waals surface area contributed by atoms with Crippen LogP contribution in [0.2, 0.25) is 0 Å². The summed E-state index contributed by atoms with van der Waals surface area (Å²) in [7, 11) is 1.44. The number of carbonyl (C=O) groups excluding carboxylic acids is 1. The van der Waals surface area contributed by atoms with Crippen LogP contribution in [0.15, 0.2) is 11.6 Å². The molecule has 1 fully saturated rings. The molecule has 2 heteroatoms. The van der Waals surface area contributed by atoms with E-state index in [9.17, 15) is 4.79 Å². The van der Waals surface area contributed by atoms with Crippen molar-refractivity contribution in [3.8, 4) is 0 Å². The number of methoxy groups -OCH3 is 1. The highest BCUT2D eigenvalue weighted by molar-refractivity contribution is 5.82. The van der Waals surface area contributed by atoms with Gasteiger partial charge in [0, 0.05) is 6.08 Å². The Morgan fingerprint density at radius 3 is 2.60 bits per heavy atom. The summed E-state index contributed by atoms with van der Waals surface area (Å²) in [5.74, 6) is 0.325. The van der Waals surface area contributed by atoms with Crippen molar-refractivity contribution in [1.29, 1.82) is 0 Å². The van der Waals surface area contributed by atoms with Gasteiger partial charge in [0.25, 0.3) is 0 Å². The molecule has 1 saturated carbocycles. The van der Waals surface area contributed by atoms with Crippen LogP contribution in [0.4, 0.5) is 0 Å². The Bertz CT molecular complexity index is 258. The van der Waals surface area contributed by atoms with E-state index in [0.717, 1.165) is 6.42 Å². The molecule has 1 aliphatic rings. The Morgan fingerprint density at radius 1 is 1.40 bits per heavy atom. The Labute approximate surface area is 92.7 Å². The summed E-state index contributed by atoms with van der Waals surface area (Å²) in [4.78, 5) is 11.3. The van der Waals surface area contributed by atoms with Crippen LogP contribution in [-0.2, 0) is 9.53 Å². The maximum Gasteiger partial charge on any atom is 0.330 e. The van der Waals surface area contributed by atoms with Crippen molar-refractivity contribution in [3.63, 3.8) is 0 Å². The van der Waals surface area contributed by atoms with Crippen LogP contribution in [0.1, 0.15) is 46.5 Å². The minimum absolute atomic E-state index is 0.207. The fourth-order valence-corrected chi connectivity index (χ4v) is 2.41. The summed E-state index contributed by atoms with van der Waals surface area (Å²) in [6, 6.07) is 0. The van der Waals surface area contributed by atoms with Gasteiger partial charge in [0.1, 0.15) is 0 Å². The molecule has 0 aliphatic heterocycles. The van der Waals surface area contributed by atoms with Crippen molar-refractivity contribution in [1.82, 2.24) is 0 Å². The van der Waals surface area contributed by atoms with Gasteiger partial charge in [-0.2, -0.15) is 0 Å². The van der Waals surface area contributed by atoms with Gasteiger partial charge in [-0.05, 0) is 30.6 Å². The first kappa shape index (κ1) is 12.3. The minimum atomic E-state index is -0.207. The van der Waals surface area contributed by atoms with Crippen molar-refractivity contribution in [2.24, 2.45) is 11.3 Å². The normalized spacial score (nSPS) is 25.3. The number of rotatable bonds is 1. The second-order valence-electron chi connectivity index (χ2n) is 5.41. The Morgan fingerprint density at radius 2 is 2.07 bits per heavy atom. The Balaban J connectivity index is 2.83. The zero-order chi connectivity index (χ0) is 11.5. The maximum absolute atomic E-state index is 11.3. The predicted octanol–water partition coefficient (Wildman–Crippen LogP) is 3.32. The first-order valence-corrected chi connectivity index (χ1v) is 5.73. The average Bonchev–Trinajstić information content (AvgIpc) is 2.17. The van der Waals surface area contributed by atoms with E-state index in [1.807, 2.05) is 0 Å². The molecule has 0 amide bonds. The third-order valence-electron chi connectivity index (χ3n) is 3.21. The third kappa shape index (κ3) is 3.37. The Kier molecular flexibility index (Phi) is 3.95. The summed E-state index contributed by atoms with van der Waals surface area (Å²) in [6.45, 7) is 6.73. The lowest BCUT2D eigenvalue weighted by Gasteiger charge is -2.36. The van der Waals surface area contributed by atoms with Crippen LogP contribution < -0.4 is 0 Å². The van der Waals surface area contributed by atoms with Crippen LogP contribution in [-0.4, -0.2) is 13.1 Å². The largest absolute Gasteiger partial charge is 0.466 e. The van der Waals surface area contributed by atoms with Crippen LogP contribution in [0.5, 0.6) is 0 Å². The van der Waals surface area contributed by atoms with Gasteiger partial charge >= 0.3 is 5.97 Å². The average molecular weight is 210 g/mol. The van der Waals surface area contributed by atoms with Crippen molar-refractivity contribution < 1.29 is 9.53 Å². The second-order valence-corrected chi connectivity index (χ2v) is 5.41. The molecule has 0 N–H and O–H groups in total. The lowest BCUT2D eigenvalue weighted by molar-refractivity contribution is -0.134. The van der Waals surface area contributed by atoms with Crippen LogP contribution in [0.3, 0.4) is 0 Å². The number of ether oxygens (including phenoxy) is 1. The molecular weight excluding hydrogens is 188 g/mol. The van der Waals surface area contributed by atoms with E-state index in [1.54, 1.807) is 6.08 Å². The van der Waals surface area contributed by atoms with E-state index in [0.29, 0.717) is 5.92 Å². The molecule has 0 aromatic heterocycles.